The summed E-state index contributed by atoms with van der Waals surface area (Å²) < 4.78 is 0. The Morgan fingerprint density at radius 3 is 2.19 bits per heavy atom. The SMILES string of the molecule is CC(C)C(=O)N1CCN(C(C)(C)C)C[C@H]1C. The smallest absolute Gasteiger partial charge is 0.225 e. The Hall–Kier alpha value is -0.570. The lowest BCUT2D eigenvalue weighted by Crippen LogP contribution is -2.59. The molecule has 0 aliphatic carbocycles. The number of rotatable bonds is 1. The molecule has 1 aliphatic heterocycles. The van der Waals surface area contributed by atoms with Crippen molar-refractivity contribution in [1.82, 2.24) is 9.80 Å². The Morgan fingerprint density at radius 1 is 1.25 bits per heavy atom. The van der Waals surface area contributed by atoms with E-state index in [0.29, 0.717) is 11.9 Å². The lowest BCUT2D eigenvalue weighted by atomic mass is 10.0. The van der Waals surface area contributed by atoms with Crippen LogP contribution in [-0.2, 0) is 4.79 Å². The van der Waals surface area contributed by atoms with Crippen LogP contribution in [0.5, 0.6) is 0 Å². The molecule has 1 amide bonds. The fraction of sp³-hybridized carbons (Fsp3) is 0.923. The van der Waals surface area contributed by atoms with Gasteiger partial charge in [-0.1, -0.05) is 13.8 Å². The first-order valence-corrected chi connectivity index (χ1v) is 6.29. The number of carbonyl (C=O) groups is 1. The highest BCUT2D eigenvalue weighted by atomic mass is 16.2. The van der Waals surface area contributed by atoms with Crippen LogP contribution in [-0.4, -0.2) is 46.9 Å². The molecule has 0 aromatic rings. The molecule has 1 saturated heterocycles. The molecule has 1 aliphatic rings. The standard InChI is InChI=1S/C13H26N2O/c1-10(2)12(16)15-8-7-14(9-11(15)3)13(4,5)6/h10-11H,7-9H2,1-6H3/t11-/m1/s1. The molecule has 3 heteroatoms. The fourth-order valence-corrected chi connectivity index (χ4v) is 2.23. The highest BCUT2D eigenvalue weighted by Crippen LogP contribution is 2.20. The molecule has 1 rings (SSSR count). The van der Waals surface area contributed by atoms with E-state index in [2.05, 4.69) is 32.6 Å². The van der Waals surface area contributed by atoms with Crippen molar-refractivity contribution in [3.8, 4) is 0 Å². The highest BCUT2D eigenvalue weighted by Gasteiger charge is 2.32. The van der Waals surface area contributed by atoms with Gasteiger partial charge in [-0.15, -0.1) is 0 Å². The number of nitrogens with zero attached hydrogens (tertiary/aromatic N) is 2. The molecule has 0 aromatic carbocycles. The summed E-state index contributed by atoms with van der Waals surface area (Å²) in [5, 5.41) is 0. The summed E-state index contributed by atoms with van der Waals surface area (Å²) in [7, 11) is 0. The van der Waals surface area contributed by atoms with Crippen molar-refractivity contribution in [2.75, 3.05) is 19.6 Å². The molecule has 0 N–H and O–H groups in total. The number of amides is 1. The van der Waals surface area contributed by atoms with Gasteiger partial charge in [-0.05, 0) is 27.7 Å². The van der Waals surface area contributed by atoms with Crippen LogP contribution in [0.15, 0.2) is 0 Å². The van der Waals surface area contributed by atoms with Crippen molar-refractivity contribution in [3.63, 3.8) is 0 Å². The fourth-order valence-electron chi connectivity index (χ4n) is 2.23. The second kappa shape index (κ2) is 4.74. The van der Waals surface area contributed by atoms with Gasteiger partial charge in [0.2, 0.25) is 5.91 Å². The first kappa shape index (κ1) is 13.5. The third-order valence-electron chi connectivity index (χ3n) is 3.35. The third-order valence-corrected chi connectivity index (χ3v) is 3.35. The van der Waals surface area contributed by atoms with Gasteiger partial charge >= 0.3 is 0 Å². The Morgan fingerprint density at radius 2 is 1.81 bits per heavy atom. The zero-order valence-electron chi connectivity index (χ0n) is 11.6. The summed E-state index contributed by atoms with van der Waals surface area (Å²) in [5.74, 6) is 0.407. The van der Waals surface area contributed by atoms with Crippen LogP contribution in [0.3, 0.4) is 0 Å². The van der Waals surface area contributed by atoms with Crippen LogP contribution in [0.25, 0.3) is 0 Å². The lowest BCUT2D eigenvalue weighted by molar-refractivity contribution is -0.140. The van der Waals surface area contributed by atoms with Crippen molar-refractivity contribution >= 4 is 5.91 Å². The van der Waals surface area contributed by atoms with Crippen LogP contribution >= 0.6 is 0 Å². The minimum Gasteiger partial charge on any atom is -0.337 e. The third kappa shape index (κ3) is 2.97. The summed E-state index contributed by atoms with van der Waals surface area (Å²) in [6, 6.07) is 0.336. The molecule has 0 bridgehead atoms. The molecule has 94 valence electrons. The van der Waals surface area contributed by atoms with E-state index in [1.165, 1.54) is 0 Å². The normalized spacial score (nSPS) is 23.9. The molecular formula is C13H26N2O. The average molecular weight is 226 g/mol. The van der Waals surface area contributed by atoms with Crippen molar-refractivity contribution in [2.45, 2.75) is 53.1 Å². The van der Waals surface area contributed by atoms with Gasteiger partial charge in [0.1, 0.15) is 0 Å². The molecule has 0 radical (unpaired) electrons. The van der Waals surface area contributed by atoms with E-state index in [1.807, 2.05) is 18.7 Å². The number of hydrogen-bond acceptors (Lipinski definition) is 2. The first-order valence-electron chi connectivity index (χ1n) is 6.29. The van der Waals surface area contributed by atoms with Gasteiger partial charge in [-0.25, -0.2) is 0 Å². The minimum absolute atomic E-state index is 0.114. The molecule has 0 aromatic heterocycles. The van der Waals surface area contributed by atoms with E-state index in [1.54, 1.807) is 0 Å². The van der Waals surface area contributed by atoms with Gasteiger partial charge in [-0.2, -0.15) is 0 Å². The van der Waals surface area contributed by atoms with E-state index >= 15 is 0 Å². The maximum atomic E-state index is 12.0. The highest BCUT2D eigenvalue weighted by molar-refractivity contribution is 5.78. The molecule has 1 heterocycles. The number of piperazine rings is 1. The minimum atomic E-state index is 0.114. The van der Waals surface area contributed by atoms with Crippen molar-refractivity contribution in [3.05, 3.63) is 0 Å². The lowest BCUT2D eigenvalue weighted by Gasteiger charge is -2.46. The number of hydrogen-bond donors (Lipinski definition) is 0. The van der Waals surface area contributed by atoms with Crippen LogP contribution in [0.4, 0.5) is 0 Å². The maximum absolute atomic E-state index is 12.0. The van der Waals surface area contributed by atoms with Crippen LogP contribution in [0.1, 0.15) is 41.5 Å². The summed E-state index contributed by atoms with van der Waals surface area (Å²) >= 11 is 0. The second-order valence-electron chi connectivity index (χ2n) is 6.15. The zero-order chi connectivity index (χ0) is 12.5. The first-order chi connectivity index (χ1) is 7.23. The predicted octanol–water partition coefficient (Wildman–Crippen LogP) is 1.97. The van der Waals surface area contributed by atoms with Gasteiger partial charge in [0.15, 0.2) is 0 Å². The van der Waals surface area contributed by atoms with Gasteiger partial charge < -0.3 is 4.90 Å². The molecule has 0 saturated carbocycles. The summed E-state index contributed by atoms with van der Waals surface area (Å²) in [6.07, 6.45) is 0. The zero-order valence-corrected chi connectivity index (χ0v) is 11.6. The van der Waals surface area contributed by atoms with E-state index in [4.69, 9.17) is 0 Å². The topological polar surface area (TPSA) is 23.6 Å². The van der Waals surface area contributed by atoms with Gasteiger partial charge in [0.05, 0.1) is 0 Å². The maximum Gasteiger partial charge on any atom is 0.225 e. The van der Waals surface area contributed by atoms with Crippen molar-refractivity contribution in [2.24, 2.45) is 5.92 Å². The Bertz CT molecular complexity index is 255. The molecule has 16 heavy (non-hydrogen) atoms. The largest absolute Gasteiger partial charge is 0.337 e. The van der Waals surface area contributed by atoms with Gasteiger partial charge in [0, 0.05) is 37.1 Å². The average Bonchev–Trinajstić information content (AvgIpc) is 2.15. The summed E-state index contributed by atoms with van der Waals surface area (Å²) in [5.41, 5.74) is 0.210. The second-order valence-corrected chi connectivity index (χ2v) is 6.15. The molecule has 3 nitrogen and oxygen atoms in total. The summed E-state index contributed by atoms with van der Waals surface area (Å²) in [6.45, 7) is 15.7. The van der Waals surface area contributed by atoms with Crippen LogP contribution < -0.4 is 0 Å². The Balaban J connectivity index is 2.63. The molecule has 1 atom stereocenters. The van der Waals surface area contributed by atoms with Crippen molar-refractivity contribution in [1.29, 1.82) is 0 Å². The predicted molar refractivity (Wildman–Crippen MR) is 67.3 cm³/mol. The van der Waals surface area contributed by atoms with Crippen LogP contribution in [0, 0.1) is 5.92 Å². The molecule has 1 fully saturated rings. The quantitative estimate of drug-likeness (QED) is 0.682. The number of carbonyl (C=O) groups excluding carboxylic acids is 1. The van der Waals surface area contributed by atoms with Crippen LogP contribution in [0.2, 0.25) is 0 Å². The summed E-state index contributed by atoms with van der Waals surface area (Å²) in [4.78, 5) is 16.5. The van der Waals surface area contributed by atoms with E-state index < -0.39 is 0 Å². The van der Waals surface area contributed by atoms with Crippen molar-refractivity contribution < 1.29 is 4.79 Å². The molecular weight excluding hydrogens is 200 g/mol. The Kier molecular flexibility index (Phi) is 4.00. The van der Waals surface area contributed by atoms with E-state index in [-0.39, 0.29) is 11.5 Å². The van der Waals surface area contributed by atoms with Gasteiger partial charge in [-0.3, -0.25) is 9.69 Å². The monoisotopic (exact) mass is 226 g/mol. The van der Waals surface area contributed by atoms with E-state index in [9.17, 15) is 4.79 Å². The van der Waals surface area contributed by atoms with Gasteiger partial charge in [0.25, 0.3) is 0 Å². The Labute approximate surface area is 99.8 Å². The molecule has 0 spiro atoms. The molecule has 0 unspecified atom stereocenters. The van der Waals surface area contributed by atoms with E-state index in [0.717, 1.165) is 19.6 Å².